The van der Waals surface area contributed by atoms with E-state index in [9.17, 15) is 18.0 Å². The van der Waals surface area contributed by atoms with Crippen molar-refractivity contribution in [3.05, 3.63) is 46.2 Å². The van der Waals surface area contributed by atoms with Gasteiger partial charge in [-0.2, -0.15) is 4.31 Å². The Balaban J connectivity index is 2.23. The number of carbonyl (C=O) groups is 2. The van der Waals surface area contributed by atoms with E-state index in [0.717, 1.165) is 0 Å². The van der Waals surface area contributed by atoms with Gasteiger partial charge in [-0.05, 0) is 25.1 Å². The Kier molecular flexibility index (Phi) is 8.53. The van der Waals surface area contributed by atoms with Gasteiger partial charge in [-0.25, -0.2) is 8.42 Å². The van der Waals surface area contributed by atoms with Gasteiger partial charge in [0, 0.05) is 32.9 Å². The minimum absolute atomic E-state index is 0.0328. The third kappa shape index (κ3) is 5.60. The molecule has 0 saturated heterocycles. The molecule has 8 nitrogen and oxygen atoms in total. The van der Waals surface area contributed by atoms with Crippen molar-refractivity contribution < 1.29 is 18.0 Å². The summed E-state index contributed by atoms with van der Waals surface area (Å²) in [5.74, 6) is -0.943. The van der Waals surface area contributed by atoms with Crippen molar-refractivity contribution in [3.8, 4) is 0 Å². The lowest BCUT2D eigenvalue weighted by Gasteiger charge is -2.21. The Bertz CT molecular complexity index is 1040. The molecule has 0 spiro atoms. The fourth-order valence-electron chi connectivity index (χ4n) is 3.06. The number of para-hydroxylation sites is 1. The molecule has 0 unspecified atom stereocenters. The van der Waals surface area contributed by atoms with Crippen LogP contribution in [0.4, 0.5) is 5.69 Å². The molecule has 0 fully saturated rings. The third-order valence-electron chi connectivity index (χ3n) is 4.77. The summed E-state index contributed by atoms with van der Waals surface area (Å²) in [6.07, 6.45) is 1.40. The first-order valence-corrected chi connectivity index (χ1v) is 12.0. The number of hydrogen-bond donors (Lipinski definition) is 1. The molecule has 1 heterocycles. The minimum Gasteiger partial charge on any atom is -0.345 e. The Morgan fingerprint density at radius 1 is 1.06 bits per heavy atom. The zero-order valence-electron chi connectivity index (χ0n) is 17.9. The molecule has 0 atom stereocenters. The molecule has 31 heavy (non-hydrogen) atoms. The van der Waals surface area contributed by atoms with Crippen molar-refractivity contribution >= 4 is 50.7 Å². The molecule has 170 valence electrons. The van der Waals surface area contributed by atoms with Crippen LogP contribution in [0.1, 0.15) is 31.3 Å². The summed E-state index contributed by atoms with van der Waals surface area (Å²) >= 11 is 12.1. The average Bonchev–Trinajstić information content (AvgIpc) is 3.11. The van der Waals surface area contributed by atoms with Gasteiger partial charge in [0.2, 0.25) is 15.9 Å². The molecule has 2 rings (SSSR count). The molecule has 0 aliphatic heterocycles. The molecule has 0 aliphatic carbocycles. The first-order valence-electron chi connectivity index (χ1n) is 9.76. The van der Waals surface area contributed by atoms with Crippen molar-refractivity contribution in [3.63, 3.8) is 0 Å². The highest BCUT2D eigenvalue weighted by molar-refractivity contribution is 7.89. The Hall–Kier alpha value is -2.07. The van der Waals surface area contributed by atoms with E-state index in [-0.39, 0.29) is 39.4 Å². The highest BCUT2D eigenvalue weighted by atomic mass is 35.5. The number of nitrogens with one attached hydrogen (secondary N) is 1. The lowest BCUT2D eigenvalue weighted by molar-refractivity contribution is -0.116. The molecular formula is C20H26Cl2N4O4S. The van der Waals surface area contributed by atoms with Crippen LogP contribution in [0.25, 0.3) is 0 Å². The van der Waals surface area contributed by atoms with Crippen LogP contribution >= 0.6 is 23.2 Å². The predicted molar refractivity (Wildman–Crippen MR) is 122 cm³/mol. The summed E-state index contributed by atoms with van der Waals surface area (Å²) < 4.78 is 28.3. The van der Waals surface area contributed by atoms with Crippen LogP contribution in [-0.4, -0.2) is 60.2 Å². The second kappa shape index (κ2) is 10.5. The maximum atomic E-state index is 13.0. The normalized spacial score (nSPS) is 11.6. The maximum Gasteiger partial charge on any atom is 0.270 e. The summed E-state index contributed by atoms with van der Waals surface area (Å²) in [5.41, 5.74) is 0.432. The van der Waals surface area contributed by atoms with Crippen LogP contribution in [0, 0.1) is 0 Å². The first-order chi connectivity index (χ1) is 14.6. The second-order valence-corrected chi connectivity index (χ2v) is 9.48. The molecule has 2 aromatic rings. The topological polar surface area (TPSA) is 91.7 Å². The lowest BCUT2D eigenvalue weighted by atomic mass is 10.3. The molecule has 0 bridgehead atoms. The number of likely N-dealkylation sites (N-methyl/N-ethyl adjacent to an activating group) is 1. The number of hydrogen-bond acceptors (Lipinski definition) is 4. The molecule has 1 aromatic heterocycles. The van der Waals surface area contributed by atoms with Crippen LogP contribution in [0.5, 0.6) is 0 Å². The van der Waals surface area contributed by atoms with Crippen molar-refractivity contribution in [2.75, 3.05) is 31.5 Å². The van der Waals surface area contributed by atoms with Gasteiger partial charge in [-0.1, -0.05) is 43.1 Å². The first kappa shape index (κ1) is 25.2. The molecule has 1 N–H and O–H groups in total. The largest absolute Gasteiger partial charge is 0.345 e. The fourth-order valence-corrected chi connectivity index (χ4v) is 5.08. The second-order valence-electron chi connectivity index (χ2n) is 6.73. The number of aryl methyl sites for hydroxylation is 1. The number of carbonyl (C=O) groups excluding carboxylic acids is 2. The smallest absolute Gasteiger partial charge is 0.270 e. The van der Waals surface area contributed by atoms with Gasteiger partial charge in [-0.15, -0.1) is 0 Å². The highest BCUT2D eigenvalue weighted by Gasteiger charge is 2.27. The number of nitrogens with zero attached hydrogens (tertiary/aromatic N) is 3. The molecule has 0 aliphatic rings. The quantitative estimate of drug-likeness (QED) is 0.584. The molecular weight excluding hydrogens is 463 g/mol. The predicted octanol–water partition coefficient (Wildman–Crippen LogP) is 3.46. The van der Waals surface area contributed by atoms with E-state index in [1.807, 2.05) is 0 Å². The van der Waals surface area contributed by atoms with Crippen LogP contribution in [0.15, 0.2) is 35.4 Å². The van der Waals surface area contributed by atoms with E-state index in [2.05, 4.69) is 5.32 Å². The number of amides is 2. The van der Waals surface area contributed by atoms with Gasteiger partial charge in [0.05, 0.1) is 15.7 Å². The number of rotatable bonds is 9. The number of sulfonamides is 1. The van der Waals surface area contributed by atoms with Gasteiger partial charge in [0.1, 0.15) is 17.1 Å². The standard InChI is InChI=1S/C20H26Cl2N4O4S/c1-5-25(13-18(27)23-19-15(21)9-8-10-16(19)22)20(28)17-11-14(12-24(17)4)31(29,30)26(6-2)7-3/h8-12H,5-7,13H2,1-4H3,(H,23,27). The zero-order chi connectivity index (χ0) is 23.3. The van der Waals surface area contributed by atoms with Gasteiger partial charge in [0.15, 0.2) is 0 Å². The SMILES string of the molecule is CCN(CC(=O)Nc1c(Cl)cccc1Cl)C(=O)c1cc(S(=O)(=O)N(CC)CC)cn1C. The van der Waals surface area contributed by atoms with Crippen LogP contribution < -0.4 is 5.32 Å². The molecule has 11 heteroatoms. The lowest BCUT2D eigenvalue weighted by Crippen LogP contribution is -2.38. The van der Waals surface area contributed by atoms with Crippen molar-refractivity contribution in [2.45, 2.75) is 25.7 Å². The summed E-state index contributed by atoms with van der Waals surface area (Å²) in [7, 11) is -2.12. The van der Waals surface area contributed by atoms with Crippen LogP contribution in [0.3, 0.4) is 0 Å². The third-order valence-corrected chi connectivity index (χ3v) is 7.42. The Labute approximate surface area is 192 Å². The van der Waals surface area contributed by atoms with E-state index >= 15 is 0 Å². The number of benzene rings is 1. The summed E-state index contributed by atoms with van der Waals surface area (Å²) in [5, 5.41) is 3.18. The van der Waals surface area contributed by atoms with Crippen molar-refractivity contribution in [2.24, 2.45) is 7.05 Å². The van der Waals surface area contributed by atoms with Crippen LogP contribution in [0.2, 0.25) is 10.0 Å². The monoisotopic (exact) mass is 488 g/mol. The Morgan fingerprint density at radius 3 is 2.16 bits per heavy atom. The van der Waals surface area contributed by atoms with Gasteiger partial charge < -0.3 is 14.8 Å². The molecule has 0 saturated carbocycles. The van der Waals surface area contributed by atoms with E-state index in [1.165, 1.54) is 26.0 Å². The average molecular weight is 489 g/mol. The number of aromatic nitrogens is 1. The maximum absolute atomic E-state index is 13.0. The van der Waals surface area contributed by atoms with Crippen molar-refractivity contribution in [1.82, 2.24) is 13.8 Å². The molecule has 2 amide bonds. The van der Waals surface area contributed by atoms with Gasteiger partial charge in [-0.3, -0.25) is 9.59 Å². The zero-order valence-corrected chi connectivity index (χ0v) is 20.2. The Morgan fingerprint density at radius 2 is 1.65 bits per heavy atom. The van der Waals surface area contributed by atoms with E-state index in [0.29, 0.717) is 13.1 Å². The van der Waals surface area contributed by atoms with Crippen LogP contribution in [-0.2, 0) is 21.9 Å². The number of anilines is 1. The highest BCUT2D eigenvalue weighted by Crippen LogP contribution is 2.29. The van der Waals surface area contributed by atoms with Gasteiger partial charge in [0.25, 0.3) is 5.91 Å². The number of halogens is 2. The van der Waals surface area contributed by atoms with Crippen molar-refractivity contribution in [1.29, 1.82) is 0 Å². The summed E-state index contributed by atoms with van der Waals surface area (Å²) in [6.45, 7) is 5.86. The van der Waals surface area contributed by atoms with E-state index in [1.54, 1.807) is 46.0 Å². The van der Waals surface area contributed by atoms with E-state index in [4.69, 9.17) is 23.2 Å². The van der Waals surface area contributed by atoms with E-state index < -0.39 is 21.8 Å². The summed E-state index contributed by atoms with van der Waals surface area (Å²) in [6, 6.07) is 6.17. The van der Waals surface area contributed by atoms with Gasteiger partial charge >= 0.3 is 0 Å². The summed E-state index contributed by atoms with van der Waals surface area (Å²) in [4.78, 5) is 26.9. The minimum atomic E-state index is -3.71. The molecule has 0 radical (unpaired) electrons. The molecule has 1 aromatic carbocycles. The fraction of sp³-hybridized carbons (Fsp3) is 0.400.